The zero-order valence-electron chi connectivity index (χ0n) is 11.7. The predicted molar refractivity (Wildman–Crippen MR) is 73.8 cm³/mol. The fourth-order valence-corrected chi connectivity index (χ4v) is 4.14. The molecule has 18 heavy (non-hydrogen) atoms. The lowest BCUT2D eigenvalue weighted by Gasteiger charge is -2.41. The molecule has 2 bridgehead atoms. The third-order valence-electron chi connectivity index (χ3n) is 4.99. The van der Waals surface area contributed by atoms with Gasteiger partial charge in [0.15, 0.2) is 0 Å². The summed E-state index contributed by atoms with van der Waals surface area (Å²) in [6.45, 7) is 5.72. The van der Waals surface area contributed by atoms with Crippen molar-refractivity contribution in [2.75, 3.05) is 19.6 Å². The van der Waals surface area contributed by atoms with Crippen LogP contribution in [0, 0.1) is 0 Å². The van der Waals surface area contributed by atoms with Crippen LogP contribution < -0.4 is 5.32 Å². The zero-order chi connectivity index (χ0) is 12.4. The summed E-state index contributed by atoms with van der Waals surface area (Å²) in [5.74, 6) is 0. The molecule has 3 fully saturated rings. The number of hydrogen-bond donors (Lipinski definition) is 1. The first kappa shape index (κ1) is 12.9. The first-order valence-corrected chi connectivity index (χ1v) is 7.99. The Hall–Kier alpha value is -0.120. The standard InChI is InChI=1S/C15H28N2O/c1-2-16-14-6-4-3-5-7-15(14)17-10-12-8-9-13(11-17)18-12/h12-16H,2-11H2,1H3. The van der Waals surface area contributed by atoms with Crippen LogP contribution >= 0.6 is 0 Å². The number of nitrogens with one attached hydrogen (secondary N) is 1. The molecule has 3 aliphatic rings. The molecule has 1 N–H and O–H groups in total. The minimum atomic E-state index is 0.536. The summed E-state index contributed by atoms with van der Waals surface area (Å²) in [5.41, 5.74) is 0. The van der Waals surface area contributed by atoms with E-state index in [0.29, 0.717) is 12.2 Å². The minimum absolute atomic E-state index is 0.536. The molecule has 3 rings (SSSR count). The molecular weight excluding hydrogens is 224 g/mol. The Morgan fingerprint density at radius 3 is 2.44 bits per heavy atom. The fourth-order valence-electron chi connectivity index (χ4n) is 4.14. The van der Waals surface area contributed by atoms with Crippen LogP contribution in [-0.2, 0) is 4.74 Å². The maximum absolute atomic E-state index is 5.98. The van der Waals surface area contributed by atoms with E-state index in [9.17, 15) is 0 Å². The normalized spacial score (nSPS) is 41.8. The fraction of sp³-hybridized carbons (Fsp3) is 1.00. The third kappa shape index (κ3) is 2.73. The number of likely N-dealkylation sites (N-methyl/N-ethyl adjacent to an activating group) is 1. The van der Waals surface area contributed by atoms with Gasteiger partial charge >= 0.3 is 0 Å². The van der Waals surface area contributed by atoms with Gasteiger partial charge in [-0.15, -0.1) is 0 Å². The van der Waals surface area contributed by atoms with E-state index >= 15 is 0 Å². The molecule has 0 spiro atoms. The van der Waals surface area contributed by atoms with Gasteiger partial charge in [-0.25, -0.2) is 0 Å². The first-order valence-electron chi connectivity index (χ1n) is 7.99. The Bertz CT molecular complexity index is 259. The van der Waals surface area contributed by atoms with Crippen LogP contribution in [0.15, 0.2) is 0 Å². The van der Waals surface area contributed by atoms with Crippen LogP contribution in [0.2, 0.25) is 0 Å². The van der Waals surface area contributed by atoms with Crippen LogP contribution in [0.3, 0.4) is 0 Å². The van der Waals surface area contributed by atoms with Crippen molar-refractivity contribution in [3.63, 3.8) is 0 Å². The van der Waals surface area contributed by atoms with Gasteiger partial charge in [-0.3, -0.25) is 4.90 Å². The summed E-state index contributed by atoms with van der Waals surface area (Å²) in [7, 11) is 0. The van der Waals surface area contributed by atoms with Crippen molar-refractivity contribution in [1.82, 2.24) is 10.2 Å². The highest BCUT2D eigenvalue weighted by Crippen LogP contribution is 2.31. The van der Waals surface area contributed by atoms with E-state index < -0.39 is 0 Å². The maximum atomic E-state index is 5.98. The number of morpholine rings is 1. The molecular formula is C15H28N2O. The highest BCUT2D eigenvalue weighted by Gasteiger charge is 2.38. The average Bonchev–Trinajstić information content (AvgIpc) is 2.61. The summed E-state index contributed by atoms with van der Waals surface area (Å²) in [6.07, 6.45) is 10.7. The summed E-state index contributed by atoms with van der Waals surface area (Å²) < 4.78 is 5.98. The van der Waals surface area contributed by atoms with Crippen LogP contribution in [0.25, 0.3) is 0 Å². The molecule has 2 aliphatic heterocycles. The monoisotopic (exact) mass is 252 g/mol. The number of ether oxygens (including phenoxy) is 1. The summed E-state index contributed by atoms with van der Waals surface area (Å²) >= 11 is 0. The number of likely N-dealkylation sites (tertiary alicyclic amines) is 1. The lowest BCUT2D eigenvalue weighted by Crippen LogP contribution is -2.55. The van der Waals surface area contributed by atoms with Gasteiger partial charge in [0, 0.05) is 25.2 Å². The zero-order valence-corrected chi connectivity index (χ0v) is 11.7. The van der Waals surface area contributed by atoms with Crippen molar-refractivity contribution in [3.8, 4) is 0 Å². The van der Waals surface area contributed by atoms with Gasteiger partial charge in [0.1, 0.15) is 0 Å². The van der Waals surface area contributed by atoms with Crippen molar-refractivity contribution in [1.29, 1.82) is 0 Å². The van der Waals surface area contributed by atoms with E-state index in [1.807, 2.05) is 0 Å². The first-order chi connectivity index (χ1) is 8.86. The van der Waals surface area contributed by atoms with Gasteiger partial charge in [0.25, 0.3) is 0 Å². The van der Waals surface area contributed by atoms with E-state index in [-0.39, 0.29) is 0 Å². The topological polar surface area (TPSA) is 24.5 Å². The van der Waals surface area contributed by atoms with Crippen LogP contribution in [0.5, 0.6) is 0 Å². The van der Waals surface area contributed by atoms with E-state index in [1.54, 1.807) is 0 Å². The molecule has 3 nitrogen and oxygen atoms in total. The van der Waals surface area contributed by atoms with Crippen LogP contribution in [0.4, 0.5) is 0 Å². The van der Waals surface area contributed by atoms with Gasteiger partial charge in [-0.2, -0.15) is 0 Å². The SMILES string of the molecule is CCNC1CCCCCC1N1CC2CCC(C1)O2. The van der Waals surface area contributed by atoms with Crippen molar-refractivity contribution < 1.29 is 4.74 Å². The molecule has 0 aromatic heterocycles. The predicted octanol–water partition coefficient (Wildman–Crippen LogP) is 2.16. The Balaban J connectivity index is 1.67. The quantitative estimate of drug-likeness (QED) is 0.779. The molecule has 4 unspecified atom stereocenters. The van der Waals surface area contributed by atoms with Gasteiger partial charge in [-0.1, -0.05) is 26.2 Å². The molecule has 1 saturated carbocycles. The Kier molecular flexibility index (Phi) is 4.22. The summed E-state index contributed by atoms with van der Waals surface area (Å²) in [6, 6.07) is 1.48. The third-order valence-corrected chi connectivity index (χ3v) is 4.99. The minimum Gasteiger partial charge on any atom is -0.372 e. The van der Waals surface area contributed by atoms with Gasteiger partial charge in [-0.05, 0) is 32.2 Å². The summed E-state index contributed by atoms with van der Waals surface area (Å²) in [5, 5.41) is 3.74. The Morgan fingerprint density at radius 2 is 1.72 bits per heavy atom. The molecule has 2 saturated heterocycles. The molecule has 0 amide bonds. The lowest BCUT2D eigenvalue weighted by atomic mass is 10.00. The van der Waals surface area contributed by atoms with Crippen molar-refractivity contribution >= 4 is 0 Å². The van der Waals surface area contributed by atoms with Gasteiger partial charge < -0.3 is 10.1 Å². The van der Waals surface area contributed by atoms with Gasteiger partial charge in [0.05, 0.1) is 12.2 Å². The van der Waals surface area contributed by atoms with E-state index in [0.717, 1.165) is 18.6 Å². The number of nitrogens with zero attached hydrogens (tertiary/aromatic N) is 1. The van der Waals surface area contributed by atoms with E-state index in [2.05, 4.69) is 17.1 Å². The highest BCUT2D eigenvalue weighted by molar-refractivity contribution is 4.93. The van der Waals surface area contributed by atoms with Crippen molar-refractivity contribution in [3.05, 3.63) is 0 Å². The van der Waals surface area contributed by atoms with E-state index in [4.69, 9.17) is 4.74 Å². The van der Waals surface area contributed by atoms with Crippen LogP contribution in [0.1, 0.15) is 51.9 Å². The number of rotatable bonds is 3. The van der Waals surface area contributed by atoms with Gasteiger partial charge in [0.2, 0.25) is 0 Å². The molecule has 1 aliphatic carbocycles. The second-order valence-electron chi connectivity index (χ2n) is 6.28. The molecule has 0 aromatic carbocycles. The maximum Gasteiger partial charge on any atom is 0.0707 e. The Labute approximate surface area is 111 Å². The number of hydrogen-bond acceptors (Lipinski definition) is 3. The van der Waals surface area contributed by atoms with Crippen LogP contribution in [-0.4, -0.2) is 48.8 Å². The smallest absolute Gasteiger partial charge is 0.0707 e. The second kappa shape index (κ2) is 5.89. The lowest BCUT2D eigenvalue weighted by molar-refractivity contribution is -0.0585. The summed E-state index contributed by atoms with van der Waals surface area (Å²) in [4.78, 5) is 2.75. The average molecular weight is 252 g/mol. The van der Waals surface area contributed by atoms with E-state index in [1.165, 1.54) is 58.0 Å². The molecule has 104 valence electrons. The molecule has 0 radical (unpaired) electrons. The second-order valence-corrected chi connectivity index (χ2v) is 6.28. The highest BCUT2D eigenvalue weighted by atomic mass is 16.5. The molecule has 0 aromatic rings. The Morgan fingerprint density at radius 1 is 1.00 bits per heavy atom. The molecule has 3 heteroatoms. The molecule has 4 atom stereocenters. The largest absolute Gasteiger partial charge is 0.372 e. The number of fused-ring (bicyclic) bond motifs is 2. The molecule has 2 heterocycles. The van der Waals surface area contributed by atoms with Crippen molar-refractivity contribution in [2.24, 2.45) is 0 Å². The van der Waals surface area contributed by atoms with Crippen molar-refractivity contribution in [2.45, 2.75) is 76.2 Å².